The van der Waals surface area contributed by atoms with Crippen molar-refractivity contribution in [1.29, 1.82) is 0 Å². The molecule has 14 heavy (non-hydrogen) atoms. The van der Waals surface area contributed by atoms with Gasteiger partial charge in [-0.25, -0.2) is 0 Å². The molecule has 1 rings (SSSR count). The molecule has 0 saturated carbocycles. The Balaban J connectivity index is 2.30. The molecule has 0 aromatic carbocycles. The second-order valence-corrected chi connectivity index (χ2v) is 3.67. The van der Waals surface area contributed by atoms with Gasteiger partial charge in [0.25, 0.3) is 0 Å². The van der Waals surface area contributed by atoms with Crippen LogP contribution in [-0.4, -0.2) is 29.9 Å². The van der Waals surface area contributed by atoms with Crippen molar-refractivity contribution in [3.05, 3.63) is 0 Å². The molecule has 80 valence electrons. The van der Waals surface area contributed by atoms with E-state index in [-0.39, 0.29) is 18.7 Å². The highest BCUT2D eigenvalue weighted by molar-refractivity contribution is 5.80. The molecule has 0 unspecified atom stereocenters. The standard InChI is InChI=1S/C10H17NO3/c12-9(5-6-10(13)14)11-7-3-1-2-4-8-11/h1-8H2,(H,13,14)/p-1. The lowest BCUT2D eigenvalue weighted by molar-refractivity contribution is -0.305. The van der Waals surface area contributed by atoms with Crippen LogP contribution in [0.25, 0.3) is 0 Å². The summed E-state index contributed by atoms with van der Waals surface area (Å²) >= 11 is 0. The number of nitrogens with zero attached hydrogens (tertiary/aromatic N) is 1. The van der Waals surface area contributed by atoms with Gasteiger partial charge >= 0.3 is 0 Å². The third-order valence-corrected chi connectivity index (χ3v) is 2.50. The second-order valence-electron chi connectivity index (χ2n) is 3.67. The number of carboxylic acid groups (broad SMARTS) is 1. The van der Waals surface area contributed by atoms with Crippen LogP contribution in [0.15, 0.2) is 0 Å². The summed E-state index contributed by atoms with van der Waals surface area (Å²) in [4.78, 5) is 23.4. The van der Waals surface area contributed by atoms with Crippen LogP contribution < -0.4 is 5.11 Å². The zero-order valence-electron chi connectivity index (χ0n) is 8.33. The average molecular weight is 198 g/mol. The van der Waals surface area contributed by atoms with Gasteiger partial charge < -0.3 is 14.8 Å². The van der Waals surface area contributed by atoms with Crippen LogP contribution in [0.4, 0.5) is 0 Å². The van der Waals surface area contributed by atoms with E-state index in [9.17, 15) is 14.7 Å². The monoisotopic (exact) mass is 198 g/mol. The highest BCUT2D eigenvalue weighted by atomic mass is 16.4. The van der Waals surface area contributed by atoms with E-state index in [0.717, 1.165) is 25.9 Å². The van der Waals surface area contributed by atoms with E-state index >= 15 is 0 Å². The largest absolute Gasteiger partial charge is 0.550 e. The summed E-state index contributed by atoms with van der Waals surface area (Å²) < 4.78 is 0. The first-order valence-corrected chi connectivity index (χ1v) is 5.18. The molecule has 1 fully saturated rings. The first kappa shape index (κ1) is 11.0. The number of likely N-dealkylation sites (tertiary alicyclic amines) is 1. The van der Waals surface area contributed by atoms with Gasteiger partial charge in [0.15, 0.2) is 0 Å². The third kappa shape index (κ3) is 3.77. The van der Waals surface area contributed by atoms with E-state index in [0.29, 0.717) is 0 Å². The molecule has 1 amide bonds. The molecule has 0 aromatic rings. The zero-order chi connectivity index (χ0) is 10.4. The van der Waals surface area contributed by atoms with Gasteiger partial charge in [0.05, 0.1) is 0 Å². The Bertz CT molecular complexity index is 207. The van der Waals surface area contributed by atoms with Crippen LogP contribution >= 0.6 is 0 Å². The number of carboxylic acids is 1. The Morgan fingerprint density at radius 1 is 1.00 bits per heavy atom. The highest BCUT2D eigenvalue weighted by Gasteiger charge is 2.14. The molecule has 0 radical (unpaired) electrons. The van der Waals surface area contributed by atoms with Crippen LogP contribution in [-0.2, 0) is 9.59 Å². The zero-order valence-corrected chi connectivity index (χ0v) is 8.33. The van der Waals surface area contributed by atoms with Crippen molar-refractivity contribution in [2.75, 3.05) is 13.1 Å². The summed E-state index contributed by atoms with van der Waals surface area (Å²) in [5, 5.41) is 10.2. The van der Waals surface area contributed by atoms with Gasteiger partial charge in [-0.15, -0.1) is 0 Å². The minimum Gasteiger partial charge on any atom is -0.550 e. The highest BCUT2D eigenvalue weighted by Crippen LogP contribution is 2.10. The van der Waals surface area contributed by atoms with Crippen LogP contribution in [0.2, 0.25) is 0 Å². The van der Waals surface area contributed by atoms with Crippen LogP contribution in [0.5, 0.6) is 0 Å². The lowest BCUT2D eigenvalue weighted by Crippen LogP contribution is -2.33. The summed E-state index contributed by atoms with van der Waals surface area (Å²) in [6.07, 6.45) is 4.35. The molecule has 0 atom stereocenters. The van der Waals surface area contributed by atoms with Crippen molar-refractivity contribution in [3.63, 3.8) is 0 Å². The summed E-state index contributed by atoms with van der Waals surface area (Å²) in [5.41, 5.74) is 0. The Morgan fingerprint density at radius 2 is 1.57 bits per heavy atom. The normalized spacial score (nSPS) is 17.6. The van der Waals surface area contributed by atoms with E-state index in [1.807, 2.05) is 0 Å². The first-order chi connectivity index (χ1) is 6.70. The van der Waals surface area contributed by atoms with Crippen LogP contribution in [0, 0.1) is 0 Å². The third-order valence-electron chi connectivity index (χ3n) is 2.50. The molecule has 4 nitrogen and oxygen atoms in total. The quantitative estimate of drug-likeness (QED) is 0.637. The molecule has 4 heteroatoms. The molecule has 1 aliphatic rings. The molecule has 0 aromatic heterocycles. The predicted molar refractivity (Wildman–Crippen MR) is 49.3 cm³/mol. The van der Waals surface area contributed by atoms with Crippen molar-refractivity contribution >= 4 is 11.9 Å². The molecule has 1 saturated heterocycles. The average Bonchev–Trinajstić information content (AvgIpc) is 2.42. The maximum atomic E-state index is 11.5. The second kappa shape index (κ2) is 5.62. The van der Waals surface area contributed by atoms with E-state index in [4.69, 9.17) is 0 Å². The van der Waals surface area contributed by atoms with E-state index in [1.165, 1.54) is 12.8 Å². The molecular weight excluding hydrogens is 182 g/mol. The number of hydrogen-bond acceptors (Lipinski definition) is 3. The fourth-order valence-corrected chi connectivity index (χ4v) is 1.69. The molecule has 1 aliphatic heterocycles. The molecule has 0 aliphatic carbocycles. The minimum absolute atomic E-state index is 0.0453. The van der Waals surface area contributed by atoms with Gasteiger partial charge in [-0.1, -0.05) is 12.8 Å². The molecular formula is C10H16NO3-. The maximum absolute atomic E-state index is 11.5. The topological polar surface area (TPSA) is 60.4 Å². The van der Waals surface area contributed by atoms with E-state index in [1.54, 1.807) is 4.90 Å². The predicted octanol–water partition coefficient (Wildman–Crippen LogP) is -0.0809. The Kier molecular flexibility index (Phi) is 4.43. The molecule has 0 N–H and O–H groups in total. The summed E-state index contributed by atoms with van der Waals surface area (Å²) in [6.45, 7) is 1.57. The number of hydrogen-bond donors (Lipinski definition) is 0. The van der Waals surface area contributed by atoms with Crippen molar-refractivity contribution < 1.29 is 14.7 Å². The van der Waals surface area contributed by atoms with Gasteiger partial charge in [-0.3, -0.25) is 4.79 Å². The first-order valence-electron chi connectivity index (χ1n) is 5.18. The number of amides is 1. The van der Waals surface area contributed by atoms with Gasteiger partial charge in [-0.05, 0) is 19.3 Å². The lowest BCUT2D eigenvalue weighted by atomic mass is 10.2. The molecule has 0 spiro atoms. The Morgan fingerprint density at radius 3 is 2.07 bits per heavy atom. The van der Waals surface area contributed by atoms with E-state index < -0.39 is 5.97 Å². The number of rotatable bonds is 3. The summed E-state index contributed by atoms with van der Waals surface area (Å²) in [5.74, 6) is -1.19. The Hall–Kier alpha value is -1.06. The van der Waals surface area contributed by atoms with Gasteiger partial charge in [0, 0.05) is 25.5 Å². The van der Waals surface area contributed by atoms with Gasteiger partial charge in [-0.2, -0.15) is 0 Å². The minimum atomic E-state index is -1.15. The van der Waals surface area contributed by atoms with Crippen molar-refractivity contribution in [2.24, 2.45) is 0 Å². The SMILES string of the molecule is O=C([O-])CCC(=O)N1CCCCCC1. The van der Waals surface area contributed by atoms with Crippen molar-refractivity contribution in [3.8, 4) is 0 Å². The van der Waals surface area contributed by atoms with Crippen molar-refractivity contribution in [2.45, 2.75) is 38.5 Å². The van der Waals surface area contributed by atoms with Gasteiger partial charge in [0.2, 0.25) is 5.91 Å². The number of carbonyl (C=O) groups excluding carboxylic acids is 2. The maximum Gasteiger partial charge on any atom is 0.222 e. The van der Waals surface area contributed by atoms with Crippen molar-refractivity contribution in [1.82, 2.24) is 4.90 Å². The smallest absolute Gasteiger partial charge is 0.222 e. The molecule has 0 bridgehead atoms. The van der Waals surface area contributed by atoms with Crippen LogP contribution in [0.3, 0.4) is 0 Å². The summed E-state index contributed by atoms with van der Waals surface area (Å²) in [7, 11) is 0. The van der Waals surface area contributed by atoms with Crippen LogP contribution in [0.1, 0.15) is 38.5 Å². The fourth-order valence-electron chi connectivity index (χ4n) is 1.69. The van der Waals surface area contributed by atoms with E-state index in [2.05, 4.69) is 0 Å². The lowest BCUT2D eigenvalue weighted by Gasteiger charge is -2.20. The Labute approximate surface area is 83.9 Å². The number of aliphatic carboxylic acids is 1. The summed E-state index contributed by atoms with van der Waals surface area (Å²) in [6, 6.07) is 0. The fraction of sp³-hybridized carbons (Fsp3) is 0.800. The van der Waals surface area contributed by atoms with Gasteiger partial charge in [0.1, 0.15) is 0 Å². The molecule has 1 heterocycles. The number of carbonyl (C=O) groups is 2.